The average molecular weight is 305 g/mol. The second-order valence-electron chi connectivity index (χ2n) is 5.06. The van der Waals surface area contributed by atoms with E-state index in [1.54, 1.807) is 17.8 Å². The highest BCUT2D eigenvalue weighted by molar-refractivity contribution is 7.99. The third kappa shape index (κ3) is 4.76. The van der Waals surface area contributed by atoms with Gasteiger partial charge in [0.1, 0.15) is 0 Å². The number of aryl methyl sites for hydroxylation is 1. The quantitative estimate of drug-likeness (QED) is 0.824. The third-order valence-electron chi connectivity index (χ3n) is 3.20. The number of ether oxygens (including phenoxy) is 1. The van der Waals surface area contributed by atoms with E-state index in [0.717, 1.165) is 11.3 Å². The van der Waals surface area contributed by atoms with E-state index in [1.165, 1.54) is 23.6 Å². The van der Waals surface area contributed by atoms with Gasteiger partial charge in [-0.05, 0) is 43.2 Å². The van der Waals surface area contributed by atoms with Crippen molar-refractivity contribution in [2.24, 2.45) is 5.73 Å². The molecular formula is C17H20FNOS. The maximum atomic E-state index is 13.6. The van der Waals surface area contributed by atoms with Crippen molar-refractivity contribution in [1.29, 1.82) is 0 Å². The van der Waals surface area contributed by atoms with Crippen molar-refractivity contribution in [3.63, 3.8) is 0 Å². The lowest BCUT2D eigenvalue weighted by molar-refractivity contribution is 0.386. The summed E-state index contributed by atoms with van der Waals surface area (Å²) < 4.78 is 18.5. The van der Waals surface area contributed by atoms with Crippen molar-refractivity contribution in [2.75, 3.05) is 12.9 Å². The Morgan fingerprint density at radius 2 is 1.90 bits per heavy atom. The molecule has 0 bridgehead atoms. The second kappa shape index (κ2) is 7.48. The Labute approximate surface area is 129 Å². The van der Waals surface area contributed by atoms with Crippen LogP contribution in [0.5, 0.6) is 5.75 Å². The molecule has 0 fully saturated rings. The molecule has 0 amide bonds. The van der Waals surface area contributed by atoms with Crippen LogP contribution in [-0.4, -0.2) is 18.9 Å². The summed E-state index contributed by atoms with van der Waals surface area (Å²) in [5.74, 6) is 0.728. The summed E-state index contributed by atoms with van der Waals surface area (Å²) in [5, 5.41) is 0. The van der Waals surface area contributed by atoms with Crippen molar-refractivity contribution in [2.45, 2.75) is 24.3 Å². The molecule has 0 radical (unpaired) electrons. The summed E-state index contributed by atoms with van der Waals surface area (Å²) >= 11 is 1.72. The Bertz CT molecular complexity index is 586. The predicted molar refractivity (Wildman–Crippen MR) is 86.5 cm³/mol. The van der Waals surface area contributed by atoms with Gasteiger partial charge in [0.2, 0.25) is 0 Å². The summed E-state index contributed by atoms with van der Waals surface area (Å²) in [6.45, 7) is 2.07. The van der Waals surface area contributed by atoms with Crippen molar-refractivity contribution < 1.29 is 9.13 Å². The van der Waals surface area contributed by atoms with Gasteiger partial charge < -0.3 is 10.5 Å². The van der Waals surface area contributed by atoms with Crippen molar-refractivity contribution in [3.8, 4) is 5.75 Å². The highest BCUT2D eigenvalue weighted by Crippen LogP contribution is 2.21. The third-order valence-corrected chi connectivity index (χ3v) is 4.40. The van der Waals surface area contributed by atoms with Crippen LogP contribution in [-0.2, 0) is 6.42 Å². The average Bonchev–Trinajstić information content (AvgIpc) is 2.47. The van der Waals surface area contributed by atoms with E-state index in [-0.39, 0.29) is 17.6 Å². The van der Waals surface area contributed by atoms with Crippen LogP contribution >= 0.6 is 11.8 Å². The van der Waals surface area contributed by atoms with Gasteiger partial charge in [-0.25, -0.2) is 4.39 Å². The molecule has 0 spiro atoms. The molecule has 0 saturated carbocycles. The molecule has 1 unspecified atom stereocenters. The van der Waals surface area contributed by atoms with E-state index in [9.17, 15) is 4.39 Å². The minimum absolute atomic E-state index is 0.0101. The normalized spacial score (nSPS) is 12.2. The van der Waals surface area contributed by atoms with Gasteiger partial charge >= 0.3 is 0 Å². The Kier molecular flexibility index (Phi) is 5.65. The molecule has 0 aromatic heterocycles. The van der Waals surface area contributed by atoms with E-state index < -0.39 is 0 Å². The molecule has 2 aromatic rings. The van der Waals surface area contributed by atoms with E-state index >= 15 is 0 Å². The van der Waals surface area contributed by atoms with Crippen LogP contribution in [0.4, 0.5) is 4.39 Å². The lowest BCUT2D eigenvalue weighted by atomic mass is 10.1. The van der Waals surface area contributed by atoms with E-state index in [0.29, 0.717) is 6.42 Å². The van der Waals surface area contributed by atoms with E-state index in [1.807, 2.05) is 6.07 Å². The van der Waals surface area contributed by atoms with Crippen LogP contribution < -0.4 is 10.5 Å². The molecule has 21 heavy (non-hydrogen) atoms. The number of hydrogen-bond donors (Lipinski definition) is 1. The van der Waals surface area contributed by atoms with Crippen molar-refractivity contribution >= 4 is 11.8 Å². The number of nitrogens with two attached hydrogens (primary N) is 1. The van der Waals surface area contributed by atoms with Crippen LogP contribution in [0, 0.1) is 12.7 Å². The standard InChI is InChI=1S/C17H20FNOS/c1-12-3-6-15(7-4-12)21-11-14(19)9-13-5-8-17(20-2)16(18)10-13/h3-8,10,14H,9,11,19H2,1-2H3. The first-order valence-electron chi connectivity index (χ1n) is 6.86. The molecule has 112 valence electrons. The Morgan fingerprint density at radius 1 is 1.19 bits per heavy atom. The molecule has 0 heterocycles. The topological polar surface area (TPSA) is 35.2 Å². The highest BCUT2D eigenvalue weighted by Gasteiger charge is 2.08. The number of halogens is 1. The highest BCUT2D eigenvalue weighted by atomic mass is 32.2. The monoisotopic (exact) mass is 305 g/mol. The number of benzene rings is 2. The van der Waals surface area contributed by atoms with Gasteiger partial charge in [-0.15, -0.1) is 11.8 Å². The largest absolute Gasteiger partial charge is 0.494 e. The number of rotatable bonds is 6. The van der Waals surface area contributed by atoms with Gasteiger partial charge in [-0.1, -0.05) is 23.8 Å². The van der Waals surface area contributed by atoms with Crippen LogP contribution in [0.3, 0.4) is 0 Å². The molecular weight excluding hydrogens is 285 g/mol. The summed E-state index contributed by atoms with van der Waals surface area (Å²) in [5.41, 5.74) is 8.27. The summed E-state index contributed by atoms with van der Waals surface area (Å²) in [6.07, 6.45) is 0.653. The summed E-state index contributed by atoms with van der Waals surface area (Å²) in [4.78, 5) is 1.21. The van der Waals surface area contributed by atoms with E-state index in [2.05, 4.69) is 31.2 Å². The number of methoxy groups -OCH3 is 1. The smallest absolute Gasteiger partial charge is 0.165 e. The maximum absolute atomic E-state index is 13.6. The first-order chi connectivity index (χ1) is 10.1. The van der Waals surface area contributed by atoms with Crippen LogP contribution in [0.25, 0.3) is 0 Å². The molecule has 0 aliphatic heterocycles. The van der Waals surface area contributed by atoms with Gasteiger partial charge in [0.15, 0.2) is 11.6 Å². The molecule has 1 atom stereocenters. The lowest BCUT2D eigenvalue weighted by Gasteiger charge is -2.12. The number of thioether (sulfide) groups is 1. The Hall–Kier alpha value is -1.52. The van der Waals surface area contributed by atoms with Crippen molar-refractivity contribution in [1.82, 2.24) is 0 Å². The molecule has 2 N–H and O–H groups in total. The zero-order valence-corrected chi connectivity index (χ0v) is 13.1. The predicted octanol–water partition coefficient (Wildman–Crippen LogP) is 3.80. The molecule has 0 aliphatic carbocycles. The van der Waals surface area contributed by atoms with Gasteiger partial charge in [0, 0.05) is 16.7 Å². The SMILES string of the molecule is COc1ccc(CC(N)CSc2ccc(C)cc2)cc1F. The zero-order chi connectivity index (χ0) is 15.2. The lowest BCUT2D eigenvalue weighted by Crippen LogP contribution is -2.25. The molecule has 0 saturated heterocycles. The fraction of sp³-hybridized carbons (Fsp3) is 0.294. The van der Waals surface area contributed by atoms with Crippen LogP contribution in [0.2, 0.25) is 0 Å². The van der Waals surface area contributed by atoms with Crippen LogP contribution in [0.15, 0.2) is 47.4 Å². The van der Waals surface area contributed by atoms with Gasteiger partial charge in [-0.2, -0.15) is 0 Å². The fourth-order valence-electron chi connectivity index (χ4n) is 2.04. The van der Waals surface area contributed by atoms with Crippen LogP contribution in [0.1, 0.15) is 11.1 Å². The van der Waals surface area contributed by atoms with Gasteiger partial charge in [-0.3, -0.25) is 0 Å². The van der Waals surface area contributed by atoms with Crippen molar-refractivity contribution in [3.05, 3.63) is 59.4 Å². The molecule has 0 aliphatic rings. The molecule has 2 nitrogen and oxygen atoms in total. The second-order valence-corrected chi connectivity index (χ2v) is 6.15. The summed E-state index contributed by atoms with van der Waals surface area (Å²) in [7, 11) is 1.46. The first kappa shape index (κ1) is 15.9. The minimum atomic E-state index is -0.339. The number of hydrogen-bond acceptors (Lipinski definition) is 3. The summed E-state index contributed by atoms with van der Waals surface area (Å²) in [6, 6.07) is 13.4. The Morgan fingerprint density at radius 3 is 2.52 bits per heavy atom. The van der Waals surface area contributed by atoms with E-state index in [4.69, 9.17) is 10.5 Å². The minimum Gasteiger partial charge on any atom is -0.494 e. The Balaban J connectivity index is 1.88. The molecule has 2 aromatic carbocycles. The fourth-order valence-corrected chi connectivity index (χ4v) is 2.89. The molecule has 2 rings (SSSR count). The molecule has 4 heteroatoms. The zero-order valence-electron chi connectivity index (χ0n) is 12.3. The maximum Gasteiger partial charge on any atom is 0.165 e. The van der Waals surface area contributed by atoms with Gasteiger partial charge in [0.25, 0.3) is 0 Å². The van der Waals surface area contributed by atoms with Gasteiger partial charge in [0.05, 0.1) is 7.11 Å². The first-order valence-corrected chi connectivity index (χ1v) is 7.84.